The number of carbonyl (C=O) groups is 1. The van der Waals surface area contributed by atoms with Crippen LogP contribution in [0.25, 0.3) is 20.8 Å². The first-order chi connectivity index (χ1) is 13.1. The van der Waals surface area contributed by atoms with Crippen molar-refractivity contribution in [2.75, 3.05) is 5.32 Å². The molecule has 0 saturated carbocycles. The topological polar surface area (TPSA) is 59.8 Å². The number of benzene rings is 2. The summed E-state index contributed by atoms with van der Waals surface area (Å²) < 4.78 is 2.98. The standard InChI is InChI=1S/C21H20N4OS/c1-14-3-8-18-19(11-14)27-21(24-18)16-4-6-17(7-5-16)23-20(26)9-10-25-13-15(2)12-22-25/h3-8,11-13H,9-10H2,1-2H3,(H,23,26). The minimum absolute atomic E-state index is 0.0219. The third kappa shape index (κ3) is 4.06. The molecule has 136 valence electrons. The molecule has 0 aliphatic rings. The van der Waals surface area contributed by atoms with Crippen LogP contribution >= 0.6 is 11.3 Å². The lowest BCUT2D eigenvalue weighted by molar-refractivity contribution is -0.116. The fourth-order valence-electron chi connectivity index (χ4n) is 2.88. The van der Waals surface area contributed by atoms with E-state index in [1.165, 1.54) is 10.3 Å². The number of nitrogens with zero attached hydrogens (tertiary/aromatic N) is 3. The lowest BCUT2D eigenvalue weighted by atomic mass is 10.2. The summed E-state index contributed by atoms with van der Waals surface area (Å²) in [6.07, 6.45) is 4.11. The monoisotopic (exact) mass is 376 g/mol. The summed E-state index contributed by atoms with van der Waals surface area (Å²) >= 11 is 1.68. The van der Waals surface area contributed by atoms with Crippen molar-refractivity contribution < 1.29 is 4.79 Å². The van der Waals surface area contributed by atoms with Gasteiger partial charge in [-0.25, -0.2) is 4.98 Å². The van der Waals surface area contributed by atoms with Crippen LogP contribution in [-0.2, 0) is 11.3 Å². The Morgan fingerprint density at radius 3 is 2.67 bits per heavy atom. The highest BCUT2D eigenvalue weighted by atomic mass is 32.1. The van der Waals surface area contributed by atoms with Crippen molar-refractivity contribution in [3.8, 4) is 10.6 Å². The van der Waals surface area contributed by atoms with Crippen molar-refractivity contribution in [1.82, 2.24) is 14.8 Å². The van der Waals surface area contributed by atoms with Crippen LogP contribution in [0.2, 0.25) is 0 Å². The van der Waals surface area contributed by atoms with Gasteiger partial charge in [0.05, 0.1) is 16.4 Å². The van der Waals surface area contributed by atoms with Gasteiger partial charge in [0.2, 0.25) is 5.91 Å². The van der Waals surface area contributed by atoms with Crippen molar-refractivity contribution in [3.05, 3.63) is 66.0 Å². The molecule has 2 aromatic heterocycles. The SMILES string of the molecule is Cc1ccc2nc(-c3ccc(NC(=O)CCn4cc(C)cn4)cc3)sc2c1. The summed E-state index contributed by atoms with van der Waals surface area (Å²) in [6.45, 7) is 4.64. The molecule has 6 heteroatoms. The number of nitrogens with one attached hydrogen (secondary N) is 1. The maximum atomic E-state index is 12.1. The third-order valence-corrected chi connectivity index (χ3v) is 5.36. The average Bonchev–Trinajstić information content (AvgIpc) is 3.26. The van der Waals surface area contributed by atoms with Gasteiger partial charge in [0.1, 0.15) is 5.01 Å². The van der Waals surface area contributed by atoms with E-state index in [9.17, 15) is 4.79 Å². The smallest absolute Gasteiger partial charge is 0.226 e. The maximum Gasteiger partial charge on any atom is 0.226 e. The van der Waals surface area contributed by atoms with E-state index in [2.05, 4.69) is 35.5 Å². The van der Waals surface area contributed by atoms with Gasteiger partial charge in [0.25, 0.3) is 0 Å². The average molecular weight is 376 g/mol. The summed E-state index contributed by atoms with van der Waals surface area (Å²) in [5.74, 6) is -0.0219. The van der Waals surface area contributed by atoms with Crippen molar-refractivity contribution in [2.24, 2.45) is 0 Å². The van der Waals surface area contributed by atoms with Crippen LogP contribution < -0.4 is 5.32 Å². The van der Waals surface area contributed by atoms with Crippen LogP contribution in [0.4, 0.5) is 5.69 Å². The van der Waals surface area contributed by atoms with Gasteiger partial charge in [-0.15, -0.1) is 11.3 Å². The molecule has 27 heavy (non-hydrogen) atoms. The van der Waals surface area contributed by atoms with E-state index in [0.29, 0.717) is 13.0 Å². The summed E-state index contributed by atoms with van der Waals surface area (Å²) in [4.78, 5) is 16.8. The fourth-order valence-corrected chi connectivity index (χ4v) is 3.95. The highest BCUT2D eigenvalue weighted by Crippen LogP contribution is 2.31. The Morgan fingerprint density at radius 2 is 1.93 bits per heavy atom. The van der Waals surface area contributed by atoms with Gasteiger partial charge in [-0.2, -0.15) is 5.10 Å². The summed E-state index contributed by atoms with van der Waals surface area (Å²) in [5.41, 5.74) is 5.19. The van der Waals surface area contributed by atoms with E-state index in [0.717, 1.165) is 27.3 Å². The Kier molecular flexibility index (Phi) is 4.73. The molecule has 4 aromatic rings. The second kappa shape index (κ2) is 7.32. The molecule has 0 fully saturated rings. The van der Waals surface area contributed by atoms with Crippen molar-refractivity contribution in [3.63, 3.8) is 0 Å². The molecule has 0 atom stereocenters. The number of hydrogen-bond acceptors (Lipinski definition) is 4. The number of anilines is 1. The van der Waals surface area contributed by atoms with Crippen molar-refractivity contribution in [2.45, 2.75) is 26.8 Å². The Labute approximate surface area is 161 Å². The number of aromatic nitrogens is 3. The van der Waals surface area contributed by atoms with Crippen LogP contribution in [0.15, 0.2) is 54.9 Å². The van der Waals surface area contributed by atoms with Crippen molar-refractivity contribution in [1.29, 1.82) is 0 Å². The molecule has 0 unspecified atom stereocenters. The summed E-state index contributed by atoms with van der Waals surface area (Å²) in [7, 11) is 0. The van der Waals surface area contributed by atoms with Gasteiger partial charge in [-0.05, 0) is 61.4 Å². The quantitative estimate of drug-likeness (QED) is 0.544. The van der Waals surface area contributed by atoms with Gasteiger partial charge < -0.3 is 5.32 Å². The highest BCUT2D eigenvalue weighted by molar-refractivity contribution is 7.21. The molecule has 0 saturated heterocycles. The second-order valence-electron chi connectivity index (χ2n) is 6.65. The van der Waals surface area contributed by atoms with Crippen LogP contribution in [0.5, 0.6) is 0 Å². The maximum absolute atomic E-state index is 12.1. The van der Waals surface area contributed by atoms with Gasteiger partial charge in [-0.1, -0.05) is 6.07 Å². The predicted octanol–water partition coefficient (Wildman–Crippen LogP) is 4.81. The molecule has 0 radical (unpaired) electrons. The van der Waals surface area contributed by atoms with Gasteiger partial charge in [0.15, 0.2) is 0 Å². The van der Waals surface area contributed by atoms with E-state index in [4.69, 9.17) is 4.98 Å². The first-order valence-electron chi connectivity index (χ1n) is 8.83. The van der Waals surface area contributed by atoms with E-state index in [1.54, 1.807) is 22.2 Å². The molecule has 1 amide bonds. The number of aryl methyl sites for hydroxylation is 3. The number of thiazole rings is 1. The summed E-state index contributed by atoms with van der Waals surface area (Å²) in [6, 6.07) is 14.1. The predicted molar refractivity (Wildman–Crippen MR) is 110 cm³/mol. The normalized spacial score (nSPS) is 11.0. The third-order valence-electron chi connectivity index (χ3n) is 4.29. The number of hydrogen-bond donors (Lipinski definition) is 1. The van der Waals surface area contributed by atoms with Gasteiger partial charge in [-0.3, -0.25) is 9.48 Å². The first kappa shape index (κ1) is 17.4. The molecule has 1 N–H and O–H groups in total. The zero-order chi connectivity index (χ0) is 18.8. The lowest BCUT2D eigenvalue weighted by Crippen LogP contribution is -2.14. The molecule has 4 rings (SSSR count). The van der Waals surface area contributed by atoms with E-state index in [1.807, 2.05) is 37.4 Å². The fraction of sp³-hybridized carbons (Fsp3) is 0.190. The molecule has 2 heterocycles. The number of amides is 1. The first-order valence-corrected chi connectivity index (χ1v) is 9.65. The molecule has 0 spiro atoms. The molecule has 0 bridgehead atoms. The molecule has 0 aliphatic heterocycles. The van der Waals surface area contributed by atoms with E-state index < -0.39 is 0 Å². The number of fused-ring (bicyclic) bond motifs is 1. The Morgan fingerprint density at radius 1 is 1.11 bits per heavy atom. The minimum Gasteiger partial charge on any atom is -0.326 e. The zero-order valence-corrected chi connectivity index (χ0v) is 16.1. The van der Waals surface area contributed by atoms with Crippen LogP contribution in [0, 0.1) is 13.8 Å². The second-order valence-corrected chi connectivity index (χ2v) is 7.68. The van der Waals surface area contributed by atoms with E-state index >= 15 is 0 Å². The lowest BCUT2D eigenvalue weighted by Gasteiger charge is -2.06. The van der Waals surface area contributed by atoms with Gasteiger partial charge >= 0.3 is 0 Å². The Bertz CT molecular complexity index is 1100. The summed E-state index contributed by atoms with van der Waals surface area (Å²) in [5, 5.41) is 8.12. The Balaban J connectivity index is 1.41. The number of carbonyl (C=O) groups excluding carboxylic acids is 1. The Hall–Kier alpha value is -2.99. The molecule has 2 aromatic carbocycles. The van der Waals surface area contributed by atoms with E-state index in [-0.39, 0.29) is 5.91 Å². The molecular formula is C21H20N4OS. The minimum atomic E-state index is -0.0219. The number of rotatable bonds is 5. The largest absolute Gasteiger partial charge is 0.326 e. The molecule has 0 aliphatic carbocycles. The van der Waals surface area contributed by atoms with Crippen molar-refractivity contribution >= 4 is 33.1 Å². The molecular weight excluding hydrogens is 356 g/mol. The van der Waals surface area contributed by atoms with Crippen LogP contribution in [-0.4, -0.2) is 20.7 Å². The van der Waals surface area contributed by atoms with Crippen LogP contribution in [0.1, 0.15) is 17.5 Å². The van der Waals surface area contributed by atoms with Gasteiger partial charge in [0, 0.05) is 30.4 Å². The zero-order valence-electron chi connectivity index (χ0n) is 15.3. The molecule has 5 nitrogen and oxygen atoms in total. The van der Waals surface area contributed by atoms with Crippen LogP contribution in [0.3, 0.4) is 0 Å². The highest BCUT2D eigenvalue weighted by Gasteiger charge is 2.08.